The van der Waals surface area contributed by atoms with Gasteiger partial charge in [-0.05, 0) is 29.7 Å². The van der Waals surface area contributed by atoms with Gasteiger partial charge in [-0.25, -0.2) is 0 Å². The Morgan fingerprint density at radius 1 is 1.10 bits per heavy atom. The number of nitrogens with zero attached hydrogens (tertiary/aromatic N) is 1. The highest BCUT2D eigenvalue weighted by atomic mass is 35.5. The van der Waals surface area contributed by atoms with Gasteiger partial charge in [0.2, 0.25) is 0 Å². The lowest BCUT2D eigenvalue weighted by atomic mass is 10.0. The predicted molar refractivity (Wildman–Crippen MR) is 87.0 cm³/mol. The maximum atomic E-state index is 9.40. The molecule has 0 fully saturated rings. The third-order valence-electron chi connectivity index (χ3n) is 2.95. The summed E-state index contributed by atoms with van der Waals surface area (Å²) in [4.78, 5) is 0. The Bertz CT molecular complexity index is 671. The van der Waals surface area contributed by atoms with Crippen molar-refractivity contribution in [3.05, 3.63) is 65.7 Å². The molecule has 21 heavy (non-hydrogen) atoms. The Labute approximate surface area is 130 Å². The van der Waals surface area contributed by atoms with Crippen molar-refractivity contribution >= 4 is 22.2 Å². The van der Waals surface area contributed by atoms with E-state index in [1.807, 2.05) is 54.6 Å². The smallest absolute Gasteiger partial charge is 0.119 e. The summed E-state index contributed by atoms with van der Waals surface area (Å²) in [5.41, 5.74) is 2.06. The summed E-state index contributed by atoms with van der Waals surface area (Å²) in [5.74, 6) is 0.762. The molecule has 0 saturated heterocycles. The first kappa shape index (κ1) is 15.2. The molecule has 0 amide bonds. The van der Waals surface area contributed by atoms with E-state index in [-0.39, 0.29) is 0 Å². The van der Waals surface area contributed by atoms with Gasteiger partial charge in [-0.2, -0.15) is 5.26 Å². The van der Waals surface area contributed by atoms with Crippen LogP contribution in [-0.4, -0.2) is 6.61 Å². The highest BCUT2D eigenvalue weighted by Gasteiger charge is 2.10. The molecule has 0 N–H and O–H groups in total. The summed E-state index contributed by atoms with van der Waals surface area (Å²) in [5, 5.41) is 9.83. The molecule has 0 unspecified atom stereocenters. The van der Waals surface area contributed by atoms with Crippen LogP contribution in [-0.2, 0) is 0 Å². The molecule has 0 radical (unpaired) electrons. The zero-order valence-electron chi connectivity index (χ0n) is 11.8. The monoisotopic (exact) mass is 297 g/mol. The maximum Gasteiger partial charge on any atom is 0.119 e. The van der Waals surface area contributed by atoms with Crippen LogP contribution < -0.4 is 4.74 Å². The van der Waals surface area contributed by atoms with E-state index in [9.17, 15) is 5.26 Å². The fourth-order valence-electron chi connectivity index (χ4n) is 1.93. The average Bonchev–Trinajstić information content (AvgIpc) is 2.55. The Morgan fingerprint density at radius 3 is 2.48 bits per heavy atom. The zero-order chi connectivity index (χ0) is 15.1. The second kappa shape index (κ2) is 7.52. The maximum absolute atomic E-state index is 9.40. The van der Waals surface area contributed by atoms with E-state index >= 15 is 0 Å². The molecule has 2 aromatic carbocycles. The molecule has 3 heteroatoms. The molecule has 0 aromatic heterocycles. The second-order valence-corrected chi connectivity index (χ2v) is 4.92. The topological polar surface area (TPSA) is 33.0 Å². The minimum absolute atomic E-state index is 0.436. The number of halogens is 1. The summed E-state index contributed by atoms with van der Waals surface area (Å²) in [6.45, 7) is 2.72. The van der Waals surface area contributed by atoms with E-state index in [1.54, 1.807) is 0 Å². The minimum atomic E-state index is 0.436. The first-order chi connectivity index (χ1) is 10.3. The van der Waals surface area contributed by atoms with Gasteiger partial charge in [0.25, 0.3) is 0 Å². The Morgan fingerprint density at radius 2 is 1.81 bits per heavy atom. The third kappa shape index (κ3) is 3.87. The SMILES string of the molecule is CCCOc1cccc(C(Cl)=C(C#N)c2ccccc2)c1. The Balaban J connectivity index is 2.39. The summed E-state index contributed by atoms with van der Waals surface area (Å²) in [6.07, 6.45) is 0.946. The number of allylic oxidation sites excluding steroid dienone is 1. The molecule has 0 spiro atoms. The summed E-state index contributed by atoms with van der Waals surface area (Å²) in [6, 6.07) is 19.1. The fourth-order valence-corrected chi connectivity index (χ4v) is 2.20. The normalized spacial score (nSPS) is 11.5. The molecule has 0 bridgehead atoms. The lowest BCUT2D eigenvalue weighted by Gasteiger charge is -2.08. The van der Waals surface area contributed by atoms with Gasteiger partial charge in [-0.1, -0.05) is 61.0 Å². The van der Waals surface area contributed by atoms with Crippen LogP contribution in [0.3, 0.4) is 0 Å². The molecule has 0 saturated carbocycles. The lowest BCUT2D eigenvalue weighted by molar-refractivity contribution is 0.317. The van der Waals surface area contributed by atoms with Crippen molar-refractivity contribution < 1.29 is 4.74 Å². The van der Waals surface area contributed by atoms with Gasteiger partial charge in [0.05, 0.1) is 17.2 Å². The van der Waals surface area contributed by atoms with Crippen molar-refractivity contribution in [1.29, 1.82) is 5.26 Å². The number of benzene rings is 2. The van der Waals surface area contributed by atoms with Gasteiger partial charge in [0.15, 0.2) is 0 Å². The number of ether oxygens (including phenoxy) is 1. The van der Waals surface area contributed by atoms with Crippen molar-refractivity contribution in [2.75, 3.05) is 6.61 Å². The van der Waals surface area contributed by atoms with Crippen LogP contribution in [0.1, 0.15) is 24.5 Å². The largest absolute Gasteiger partial charge is 0.494 e. The molecular weight excluding hydrogens is 282 g/mol. The third-order valence-corrected chi connectivity index (χ3v) is 3.36. The average molecular weight is 298 g/mol. The molecule has 2 rings (SSSR count). The Hall–Kier alpha value is -2.24. The molecule has 106 valence electrons. The first-order valence-corrected chi connectivity index (χ1v) is 7.22. The van der Waals surface area contributed by atoms with Gasteiger partial charge >= 0.3 is 0 Å². The van der Waals surface area contributed by atoms with Crippen molar-refractivity contribution in [2.24, 2.45) is 0 Å². The van der Waals surface area contributed by atoms with Crippen LogP contribution in [0.5, 0.6) is 5.75 Å². The van der Waals surface area contributed by atoms with Gasteiger partial charge in [0.1, 0.15) is 11.8 Å². The number of hydrogen-bond donors (Lipinski definition) is 0. The van der Waals surface area contributed by atoms with Gasteiger partial charge in [0, 0.05) is 0 Å². The first-order valence-electron chi connectivity index (χ1n) is 6.84. The summed E-state index contributed by atoms with van der Waals surface area (Å²) in [7, 11) is 0. The number of hydrogen-bond acceptors (Lipinski definition) is 2. The molecule has 2 aromatic rings. The van der Waals surface area contributed by atoms with Crippen LogP contribution in [0, 0.1) is 11.3 Å². The molecular formula is C18H16ClNO. The van der Waals surface area contributed by atoms with E-state index in [2.05, 4.69) is 13.0 Å². The minimum Gasteiger partial charge on any atom is -0.494 e. The number of rotatable bonds is 5. The Kier molecular flexibility index (Phi) is 5.43. The molecule has 0 aliphatic heterocycles. The van der Waals surface area contributed by atoms with Gasteiger partial charge in [-0.15, -0.1) is 0 Å². The summed E-state index contributed by atoms with van der Waals surface area (Å²) < 4.78 is 5.60. The van der Waals surface area contributed by atoms with Crippen molar-refractivity contribution in [2.45, 2.75) is 13.3 Å². The van der Waals surface area contributed by atoms with Crippen molar-refractivity contribution in [3.63, 3.8) is 0 Å². The zero-order valence-corrected chi connectivity index (χ0v) is 12.6. The summed E-state index contributed by atoms with van der Waals surface area (Å²) >= 11 is 6.41. The van der Waals surface area contributed by atoms with E-state index in [0.717, 1.165) is 23.3 Å². The standard InChI is InChI=1S/C18H16ClNO/c1-2-11-21-16-10-6-9-15(12-16)18(19)17(13-20)14-7-4-3-5-8-14/h3-10,12H,2,11H2,1H3. The van der Waals surface area contributed by atoms with Gasteiger partial charge < -0.3 is 4.74 Å². The molecule has 2 nitrogen and oxygen atoms in total. The second-order valence-electron chi connectivity index (χ2n) is 4.54. The van der Waals surface area contributed by atoms with Crippen molar-refractivity contribution in [1.82, 2.24) is 0 Å². The lowest BCUT2D eigenvalue weighted by Crippen LogP contribution is -1.95. The number of nitriles is 1. The molecule has 0 aliphatic rings. The fraction of sp³-hybridized carbons (Fsp3) is 0.167. The van der Waals surface area contributed by atoms with E-state index in [4.69, 9.17) is 16.3 Å². The predicted octanol–water partition coefficient (Wildman–Crippen LogP) is 5.11. The van der Waals surface area contributed by atoms with Crippen LogP contribution in [0.2, 0.25) is 0 Å². The molecule has 0 atom stereocenters. The molecule has 0 heterocycles. The van der Waals surface area contributed by atoms with E-state index in [1.165, 1.54) is 0 Å². The quantitative estimate of drug-likeness (QED) is 0.568. The van der Waals surface area contributed by atoms with E-state index in [0.29, 0.717) is 17.2 Å². The highest BCUT2D eigenvalue weighted by Crippen LogP contribution is 2.31. The van der Waals surface area contributed by atoms with Crippen LogP contribution >= 0.6 is 11.6 Å². The van der Waals surface area contributed by atoms with Crippen LogP contribution in [0.15, 0.2) is 54.6 Å². The van der Waals surface area contributed by atoms with Crippen LogP contribution in [0.4, 0.5) is 0 Å². The van der Waals surface area contributed by atoms with E-state index < -0.39 is 0 Å². The van der Waals surface area contributed by atoms with Gasteiger partial charge in [-0.3, -0.25) is 0 Å². The molecule has 0 aliphatic carbocycles. The highest BCUT2D eigenvalue weighted by molar-refractivity contribution is 6.53. The van der Waals surface area contributed by atoms with Crippen LogP contribution in [0.25, 0.3) is 10.6 Å². The van der Waals surface area contributed by atoms with Crippen molar-refractivity contribution in [3.8, 4) is 11.8 Å².